The van der Waals surface area contributed by atoms with E-state index in [2.05, 4.69) is 44.3 Å². The van der Waals surface area contributed by atoms with E-state index in [0.717, 1.165) is 12.0 Å². The fraction of sp³-hybridized carbons (Fsp3) is 0.435. The first-order valence-corrected chi connectivity index (χ1v) is 11.7. The van der Waals surface area contributed by atoms with Crippen molar-refractivity contribution in [2.45, 2.75) is 51.0 Å². The molecule has 1 aliphatic heterocycles. The molecule has 0 aliphatic carbocycles. The maximum Gasteiger partial charge on any atom is 0.243 e. The fourth-order valence-corrected chi connectivity index (χ4v) is 5.50. The Bertz CT molecular complexity index is 949. The lowest BCUT2D eigenvalue weighted by atomic mass is 9.94. The van der Waals surface area contributed by atoms with Gasteiger partial charge in [0.05, 0.1) is 10.9 Å². The summed E-state index contributed by atoms with van der Waals surface area (Å²) in [5.41, 5.74) is 3.54. The van der Waals surface area contributed by atoms with Gasteiger partial charge < -0.3 is 5.32 Å². The molecule has 156 valence electrons. The average molecular weight is 415 g/mol. The third-order valence-corrected chi connectivity index (χ3v) is 7.64. The Hall–Kier alpha value is -2.18. The van der Waals surface area contributed by atoms with E-state index >= 15 is 0 Å². The zero-order chi connectivity index (χ0) is 21.0. The van der Waals surface area contributed by atoms with Crippen LogP contribution in [0.15, 0.2) is 53.4 Å². The van der Waals surface area contributed by atoms with Crippen LogP contribution in [0.1, 0.15) is 48.9 Å². The van der Waals surface area contributed by atoms with Crippen molar-refractivity contribution in [3.05, 3.63) is 65.2 Å². The predicted molar refractivity (Wildman–Crippen MR) is 115 cm³/mol. The molecule has 0 aromatic heterocycles. The summed E-state index contributed by atoms with van der Waals surface area (Å²) in [6.07, 6.45) is 1.90. The number of piperidine rings is 1. The Morgan fingerprint density at radius 1 is 1.10 bits per heavy atom. The van der Waals surface area contributed by atoms with Crippen LogP contribution in [-0.4, -0.2) is 31.7 Å². The minimum absolute atomic E-state index is 0.0193. The van der Waals surface area contributed by atoms with Crippen molar-refractivity contribution in [2.24, 2.45) is 5.92 Å². The maximum atomic E-state index is 12.9. The van der Waals surface area contributed by atoms with E-state index in [1.54, 1.807) is 30.3 Å². The van der Waals surface area contributed by atoms with Crippen LogP contribution in [0.25, 0.3) is 0 Å². The summed E-state index contributed by atoms with van der Waals surface area (Å²) >= 11 is 0. The largest absolute Gasteiger partial charge is 0.349 e. The van der Waals surface area contributed by atoms with Gasteiger partial charge in [-0.15, -0.1) is 0 Å². The van der Waals surface area contributed by atoms with Gasteiger partial charge in [-0.05, 0) is 56.4 Å². The van der Waals surface area contributed by atoms with Crippen LogP contribution in [0.4, 0.5) is 0 Å². The van der Waals surface area contributed by atoms with Crippen LogP contribution in [0, 0.1) is 19.8 Å². The van der Waals surface area contributed by atoms with E-state index in [9.17, 15) is 13.2 Å². The van der Waals surface area contributed by atoms with Crippen LogP contribution in [0.2, 0.25) is 0 Å². The first-order valence-electron chi connectivity index (χ1n) is 10.3. The lowest BCUT2D eigenvalue weighted by molar-refractivity contribution is -0.126. The second-order valence-corrected chi connectivity index (χ2v) is 9.76. The molecule has 2 aromatic carbocycles. The number of carbonyl (C=O) groups is 1. The van der Waals surface area contributed by atoms with Gasteiger partial charge in [0, 0.05) is 19.0 Å². The van der Waals surface area contributed by atoms with E-state index in [4.69, 9.17) is 0 Å². The van der Waals surface area contributed by atoms with Crippen molar-refractivity contribution >= 4 is 15.9 Å². The number of benzene rings is 2. The first kappa shape index (κ1) is 21.5. The number of aryl methyl sites for hydroxylation is 2. The van der Waals surface area contributed by atoms with E-state index < -0.39 is 10.0 Å². The molecule has 1 atom stereocenters. The molecule has 1 amide bonds. The van der Waals surface area contributed by atoms with Gasteiger partial charge in [-0.1, -0.05) is 48.9 Å². The average Bonchev–Trinajstić information content (AvgIpc) is 2.73. The Kier molecular flexibility index (Phi) is 6.75. The Morgan fingerprint density at radius 2 is 1.76 bits per heavy atom. The molecule has 0 spiro atoms. The summed E-state index contributed by atoms with van der Waals surface area (Å²) in [5, 5.41) is 3.19. The quantitative estimate of drug-likeness (QED) is 0.778. The van der Waals surface area contributed by atoms with Gasteiger partial charge in [-0.2, -0.15) is 4.31 Å². The summed E-state index contributed by atoms with van der Waals surface area (Å²) < 4.78 is 27.0. The zero-order valence-electron chi connectivity index (χ0n) is 17.4. The molecule has 1 heterocycles. The molecule has 1 fully saturated rings. The van der Waals surface area contributed by atoms with Crippen LogP contribution >= 0.6 is 0 Å². The number of amides is 1. The van der Waals surface area contributed by atoms with Gasteiger partial charge in [-0.3, -0.25) is 4.79 Å². The van der Waals surface area contributed by atoms with Crippen molar-refractivity contribution in [2.75, 3.05) is 13.1 Å². The summed E-state index contributed by atoms with van der Waals surface area (Å²) in [7, 11) is -3.49. The summed E-state index contributed by atoms with van der Waals surface area (Å²) in [5.74, 6) is -0.134. The molecule has 29 heavy (non-hydrogen) atoms. The minimum atomic E-state index is -3.49. The standard InChI is InChI=1S/C23H30N2O3S/c1-4-22(21-11-10-17(2)16-18(21)3)24-23(26)19-12-14-25(15-13-19)29(27,28)20-8-6-5-7-9-20/h5-11,16,19,22H,4,12-15H2,1-3H3,(H,24,26). The number of nitrogens with one attached hydrogen (secondary N) is 1. The Balaban J connectivity index is 1.62. The molecule has 0 bridgehead atoms. The predicted octanol–water partition coefficient (Wildman–Crippen LogP) is 3.97. The highest BCUT2D eigenvalue weighted by Crippen LogP contribution is 2.26. The van der Waals surface area contributed by atoms with Gasteiger partial charge in [0.15, 0.2) is 0 Å². The van der Waals surface area contributed by atoms with E-state index in [1.807, 2.05) is 0 Å². The maximum absolute atomic E-state index is 12.9. The smallest absolute Gasteiger partial charge is 0.243 e. The number of sulfonamides is 1. The van der Waals surface area contributed by atoms with Gasteiger partial charge in [-0.25, -0.2) is 8.42 Å². The van der Waals surface area contributed by atoms with Crippen molar-refractivity contribution in [1.29, 1.82) is 0 Å². The molecule has 0 saturated carbocycles. The zero-order valence-corrected chi connectivity index (χ0v) is 18.2. The highest BCUT2D eigenvalue weighted by molar-refractivity contribution is 7.89. The monoisotopic (exact) mass is 414 g/mol. The van der Waals surface area contributed by atoms with Crippen LogP contribution < -0.4 is 5.32 Å². The topological polar surface area (TPSA) is 66.5 Å². The second kappa shape index (κ2) is 9.09. The molecule has 3 rings (SSSR count). The summed E-state index contributed by atoms with van der Waals surface area (Å²) in [6, 6.07) is 14.8. The summed E-state index contributed by atoms with van der Waals surface area (Å²) in [4.78, 5) is 13.2. The van der Waals surface area contributed by atoms with E-state index in [1.165, 1.54) is 15.4 Å². The number of carbonyl (C=O) groups excluding carboxylic acids is 1. The van der Waals surface area contributed by atoms with Crippen molar-refractivity contribution in [1.82, 2.24) is 9.62 Å². The SMILES string of the molecule is CCC(NC(=O)C1CCN(S(=O)(=O)c2ccccc2)CC1)c1ccc(C)cc1C. The summed E-state index contributed by atoms with van der Waals surface area (Å²) in [6.45, 7) is 6.95. The molecule has 1 unspecified atom stereocenters. The minimum Gasteiger partial charge on any atom is -0.349 e. The van der Waals surface area contributed by atoms with Gasteiger partial charge in [0.25, 0.3) is 0 Å². The van der Waals surface area contributed by atoms with Crippen molar-refractivity contribution < 1.29 is 13.2 Å². The van der Waals surface area contributed by atoms with Gasteiger partial charge >= 0.3 is 0 Å². The molecule has 1 N–H and O–H groups in total. The second-order valence-electron chi connectivity index (χ2n) is 7.82. The van der Waals surface area contributed by atoms with Crippen LogP contribution in [0.5, 0.6) is 0 Å². The number of rotatable bonds is 6. The van der Waals surface area contributed by atoms with Crippen molar-refractivity contribution in [3.8, 4) is 0 Å². The normalized spacial score (nSPS) is 17.1. The molecule has 1 aliphatic rings. The highest BCUT2D eigenvalue weighted by Gasteiger charge is 2.32. The molecular weight excluding hydrogens is 384 g/mol. The van der Waals surface area contributed by atoms with Crippen molar-refractivity contribution in [3.63, 3.8) is 0 Å². The van der Waals surface area contributed by atoms with Crippen LogP contribution in [-0.2, 0) is 14.8 Å². The lowest BCUT2D eigenvalue weighted by Crippen LogP contribution is -2.43. The molecule has 2 aromatic rings. The molecule has 6 heteroatoms. The Labute approximate surface area is 174 Å². The van der Waals surface area contributed by atoms with Gasteiger partial charge in [0.1, 0.15) is 0 Å². The fourth-order valence-electron chi connectivity index (χ4n) is 4.01. The number of hydrogen-bond donors (Lipinski definition) is 1. The molecule has 1 saturated heterocycles. The third kappa shape index (κ3) is 4.87. The third-order valence-electron chi connectivity index (χ3n) is 5.73. The highest BCUT2D eigenvalue weighted by atomic mass is 32.2. The Morgan fingerprint density at radius 3 is 2.34 bits per heavy atom. The number of hydrogen-bond acceptors (Lipinski definition) is 3. The van der Waals surface area contributed by atoms with E-state index in [-0.39, 0.29) is 17.9 Å². The van der Waals surface area contributed by atoms with E-state index in [0.29, 0.717) is 30.8 Å². The van der Waals surface area contributed by atoms with Gasteiger partial charge in [0.2, 0.25) is 15.9 Å². The molecule has 0 radical (unpaired) electrons. The van der Waals surface area contributed by atoms with Crippen LogP contribution in [0.3, 0.4) is 0 Å². The number of nitrogens with zero attached hydrogens (tertiary/aromatic N) is 1. The molecule has 5 nitrogen and oxygen atoms in total. The first-order chi connectivity index (χ1) is 13.8. The lowest BCUT2D eigenvalue weighted by Gasteiger charge is -2.31. The molecular formula is C23H30N2O3S.